The van der Waals surface area contributed by atoms with Crippen molar-refractivity contribution in [3.8, 4) is 0 Å². The number of hydrogen-bond donors (Lipinski definition) is 0. The average molecular weight is 444 g/mol. The summed E-state index contributed by atoms with van der Waals surface area (Å²) in [6.07, 6.45) is 1.31. The van der Waals surface area contributed by atoms with Gasteiger partial charge >= 0.3 is 10.1 Å². The molecular formula is C21H16ClNNa2O3S. The zero-order valence-corrected chi connectivity index (χ0v) is 22.0. The minimum Gasteiger partial charge on any atom is -0.386 e. The predicted octanol–water partition coefficient (Wildman–Crippen LogP) is 4.45. The average Bonchev–Trinajstić information content (AvgIpc) is 2.68. The van der Waals surface area contributed by atoms with E-state index in [-0.39, 0.29) is 64.0 Å². The van der Waals surface area contributed by atoms with Crippen molar-refractivity contribution in [1.29, 1.82) is 0 Å². The van der Waals surface area contributed by atoms with Crippen molar-refractivity contribution in [2.24, 2.45) is 0 Å². The standard InChI is InChI=1S/C21H16ClNO3S.2Na/c1-23-20-8-4-2-6-17(20)19(18-7-3-5-9-21(18)23)14-26-27(24,25)16-12-10-15(22)11-13-16;;/h2-14H,1H3;;. The van der Waals surface area contributed by atoms with Crippen LogP contribution in [0.4, 0.5) is 11.4 Å². The normalized spacial score (nSPS) is 12.1. The molecule has 0 bridgehead atoms. The van der Waals surface area contributed by atoms with E-state index in [4.69, 9.17) is 15.8 Å². The second-order valence-corrected chi connectivity index (χ2v) is 8.14. The van der Waals surface area contributed by atoms with Crippen molar-refractivity contribution in [2.75, 3.05) is 11.9 Å². The Hall–Kier alpha value is -0.760. The Balaban J connectivity index is 0.00000150. The molecule has 0 N–H and O–H groups in total. The summed E-state index contributed by atoms with van der Waals surface area (Å²) in [5, 5.41) is 0.463. The van der Waals surface area contributed by atoms with Gasteiger partial charge in [-0.25, -0.2) is 0 Å². The van der Waals surface area contributed by atoms with Gasteiger partial charge < -0.3 is 9.08 Å². The molecule has 1 heterocycles. The van der Waals surface area contributed by atoms with Crippen LogP contribution in [0.2, 0.25) is 5.02 Å². The minimum absolute atomic E-state index is 0. The molecular weight excluding hydrogens is 428 g/mol. The largest absolute Gasteiger partial charge is 0.386 e. The van der Waals surface area contributed by atoms with Crippen LogP contribution in [0.1, 0.15) is 11.1 Å². The number of halogens is 1. The molecule has 4 rings (SSSR count). The summed E-state index contributed by atoms with van der Waals surface area (Å²) >= 11 is 5.83. The Kier molecular flexibility index (Phi) is 8.48. The second-order valence-electron chi connectivity index (χ2n) is 6.13. The molecule has 0 atom stereocenters. The Morgan fingerprint density at radius 1 is 0.828 bits per heavy atom. The zero-order valence-electron chi connectivity index (χ0n) is 16.5. The van der Waals surface area contributed by atoms with E-state index in [2.05, 4.69) is 4.90 Å². The number of para-hydroxylation sites is 2. The van der Waals surface area contributed by atoms with E-state index in [9.17, 15) is 8.42 Å². The molecule has 0 amide bonds. The van der Waals surface area contributed by atoms with Crippen LogP contribution in [0.25, 0.3) is 5.57 Å². The van der Waals surface area contributed by atoms with Crippen molar-refractivity contribution < 1.29 is 12.6 Å². The maximum absolute atomic E-state index is 12.6. The van der Waals surface area contributed by atoms with Gasteiger partial charge in [0.15, 0.2) is 0 Å². The Bertz CT molecular complexity index is 1100. The van der Waals surface area contributed by atoms with Crippen LogP contribution in [0, 0.1) is 0 Å². The summed E-state index contributed by atoms with van der Waals surface area (Å²) in [7, 11) is -1.96. The fourth-order valence-corrected chi connectivity index (χ4v) is 4.09. The van der Waals surface area contributed by atoms with Crippen LogP contribution in [0.5, 0.6) is 0 Å². The van der Waals surface area contributed by atoms with Gasteiger partial charge in [-0.15, -0.1) is 0 Å². The third kappa shape index (κ3) is 4.94. The summed E-state index contributed by atoms with van der Waals surface area (Å²) in [5.41, 5.74) is 4.50. The van der Waals surface area contributed by atoms with E-state index in [1.54, 1.807) is 0 Å². The van der Waals surface area contributed by atoms with Gasteiger partial charge in [0.05, 0.1) is 0 Å². The first-order chi connectivity index (χ1) is 13.0. The van der Waals surface area contributed by atoms with Crippen molar-refractivity contribution in [3.05, 3.63) is 95.2 Å². The van der Waals surface area contributed by atoms with Gasteiger partial charge in [0.2, 0.25) is 0 Å². The van der Waals surface area contributed by atoms with Gasteiger partial charge in [0.25, 0.3) is 0 Å². The third-order valence-electron chi connectivity index (χ3n) is 4.51. The van der Waals surface area contributed by atoms with Gasteiger partial charge in [0, 0.05) is 99.3 Å². The molecule has 3 aromatic rings. The SMILES string of the molecule is CN1c2ccccc2C(=COS(=O)(=O)c2ccc(Cl)cc2)c2ccccc21.[Na].[Na]. The van der Waals surface area contributed by atoms with E-state index in [0.29, 0.717) is 5.02 Å². The number of anilines is 2. The van der Waals surface area contributed by atoms with Crippen LogP contribution < -0.4 is 4.90 Å². The molecule has 8 heteroatoms. The Morgan fingerprint density at radius 2 is 1.31 bits per heavy atom. The molecule has 2 radical (unpaired) electrons. The topological polar surface area (TPSA) is 46.6 Å². The molecule has 1 aliphatic rings. The first-order valence-corrected chi connectivity index (χ1v) is 10.1. The molecule has 0 saturated heterocycles. The van der Waals surface area contributed by atoms with Gasteiger partial charge in [-0.1, -0.05) is 48.0 Å². The van der Waals surface area contributed by atoms with E-state index >= 15 is 0 Å². The quantitative estimate of drug-likeness (QED) is 0.341. The van der Waals surface area contributed by atoms with Gasteiger partial charge in [-0.3, -0.25) is 0 Å². The first-order valence-electron chi connectivity index (χ1n) is 8.29. The van der Waals surface area contributed by atoms with Crippen LogP contribution >= 0.6 is 11.6 Å². The van der Waals surface area contributed by atoms with Gasteiger partial charge in [-0.05, 0) is 36.4 Å². The molecule has 0 unspecified atom stereocenters. The van der Waals surface area contributed by atoms with E-state index in [1.807, 2.05) is 55.6 Å². The molecule has 29 heavy (non-hydrogen) atoms. The summed E-state index contributed by atoms with van der Waals surface area (Å²) < 4.78 is 30.4. The Labute approximate surface area is 220 Å². The summed E-state index contributed by atoms with van der Waals surface area (Å²) in [6.45, 7) is 0. The molecule has 0 aromatic heterocycles. The summed E-state index contributed by atoms with van der Waals surface area (Å²) in [6, 6.07) is 21.5. The fourth-order valence-electron chi connectivity index (χ4n) is 3.16. The molecule has 3 aromatic carbocycles. The molecule has 1 aliphatic heterocycles. The Morgan fingerprint density at radius 3 is 1.83 bits per heavy atom. The van der Waals surface area contributed by atoms with Crippen LogP contribution in [0.15, 0.2) is 84.0 Å². The van der Waals surface area contributed by atoms with Gasteiger partial charge in [0.1, 0.15) is 11.2 Å². The fraction of sp³-hybridized carbons (Fsp3) is 0.0476. The predicted molar refractivity (Wildman–Crippen MR) is 119 cm³/mol. The number of nitrogens with zero attached hydrogens (tertiary/aromatic N) is 1. The van der Waals surface area contributed by atoms with E-state index in [0.717, 1.165) is 28.1 Å². The number of benzene rings is 3. The van der Waals surface area contributed by atoms with Crippen molar-refractivity contribution in [1.82, 2.24) is 0 Å². The molecule has 138 valence electrons. The smallest absolute Gasteiger partial charge is 0.338 e. The first kappa shape index (κ1) is 24.5. The molecule has 0 fully saturated rings. The zero-order chi connectivity index (χ0) is 19.0. The second kappa shape index (κ2) is 10.0. The van der Waals surface area contributed by atoms with Crippen molar-refractivity contribution in [2.45, 2.75) is 4.90 Å². The number of hydrogen-bond acceptors (Lipinski definition) is 4. The monoisotopic (exact) mass is 443 g/mol. The van der Waals surface area contributed by atoms with Crippen molar-refractivity contribution in [3.63, 3.8) is 0 Å². The van der Waals surface area contributed by atoms with E-state index < -0.39 is 10.1 Å². The molecule has 0 aliphatic carbocycles. The molecule has 0 saturated carbocycles. The summed E-state index contributed by atoms with van der Waals surface area (Å²) in [5.74, 6) is 0. The third-order valence-corrected chi connectivity index (χ3v) is 5.96. The van der Waals surface area contributed by atoms with Crippen LogP contribution in [-0.2, 0) is 14.3 Å². The molecule has 0 spiro atoms. The van der Waals surface area contributed by atoms with Crippen LogP contribution in [0.3, 0.4) is 0 Å². The molecule has 4 nitrogen and oxygen atoms in total. The summed E-state index contributed by atoms with van der Waals surface area (Å²) in [4.78, 5) is 2.13. The van der Waals surface area contributed by atoms with Gasteiger partial charge in [-0.2, -0.15) is 8.42 Å². The number of rotatable bonds is 3. The van der Waals surface area contributed by atoms with E-state index in [1.165, 1.54) is 30.5 Å². The van der Waals surface area contributed by atoms with Crippen LogP contribution in [-0.4, -0.2) is 74.6 Å². The maximum Gasteiger partial charge on any atom is 0.338 e. The maximum atomic E-state index is 12.6. The number of fused-ring (bicyclic) bond motifs is 2. The minimum atomic E-state index is -3.94. The van der Waals surface area contributed by atoms with Crippen molar-refractivity contribution >= 4 is 97.8 Å².